The Morgan fingerprint density at radius 2 is 1.68 bits per heavy atom. The molecule has 1 aliphatic heterocycles. The number of aliphatic hydroxyl groups excluding tert-OH is 3. The lowest BCUT2D eigenvalue weighted by molar-refractivity contribution is -0.270. The predicted molar refractivity (Wildman–Crippen MR) is 89.7 cm³/mol. The molecule has 0 bridgehead atoms. The molecule has 1 rings (SSSR count). The highest BCUT2D eigenvalue weighted by Crippen LogP contribution is 2.22. The van der Waals surface area contributed by atoms with Crippen LogP contribution in [0.5, 0.6) is 0 Å². The molecule has 0 aromatic heterocycles. The van der Waals surface area contributed by atoms with Crippen molar-refractivity contribution in [1.29, 1.82) is 0 Å². The molecule has 146 valence electrons. The summed E-state index contributed by atoms with van der Waals surface area (Å²) in [7, 11) is 0. The van der Waals surface area contributed by atoms with Crippen LogP contribution in [0, 0.1) is 0 Å². The second-order valence-corrected chi connectivity index (χ2v) is 6.52. The highest BCUT2D eigenvalue weighted by atomic mass is 16.7. The molecule has 0 aliphatic carbocycles. The molecule has 0 aromatic rings. The predicted octanol–water partition coefficient (Wildman–Crippen LogP) is -0.124. The van der Waals surface area contributed by atoms with Crippen LogP contribution in [0.3, 0.4) is 0 Å². The fraction of sp³-hybridized carbons (Fsp3) is 0.882. The Morgan fingerprint density at radius 1 is 1.04 bits per heavy atom. The summed E-state index contributed by atoms with van der Waals surface area (Å²) < 4.78 is 11.1. The fourth-order valence-corrected chi connectivity index (χ4v) is 2.82. The zero-order chi connectivity index (χ0) is 18.8. The van der Waals surface area contributed by atoms with Gasteiger partial charge in [-0.2, -0.15) is 0 Å². The molecule has 25 heavy (non-hydrogen) atoms. The number of aliphatic hydroxyl groups is 3. The van der Waals surface area contributed by atoms with E-state index in [1.165, 1.54) is 6.92 Å². The molecule has 8 heteroatoms. The molecular weight excluding hydrogens is 330 g/mol. The molecule has 0 saturated carbocycles. The number of hydrogen-bond donors (Lipinski definition) is 4. The van der Waals surface area contributed by atoms with Gasteiger partial charge in [-0.25, -0.2) is 0 Å². The zero-order valence-electron chi connectivity index (χ0n) is 15.0. The van der Waals surface area contributed by atoms with E-state index in [0.29, 0.717) is 13.0 Å². The van der Waals surface area contributed by atoms with E-state index in [9.17, 15) is 24.9 Å². The van der Waals surface area contributed by atoms with Crippen molar-refractivity contribution < 1.29 is 34.4 Å². The Labute approximate surface area is 148 Å². The molecule has 1 heterocycles. The minimum absolute atomic E-state index is 0.209. The molecule has 1 aliphatic rings. The third-order valence-electron chi connectivity index (χ3n) is 4.21. The lowest BCUT2D eigenvalue weighted by Crippen LogP contribution is -2.64. The Balaban J connectivity index is 2.36. The Bertz CT molecular complexity index is 418. The van der Waals surface area contributed by atoms with Gasteiger partial charge >= 0.3 is 0 Å². The van der Waals surface area contributed by atoms with Crippen LogP contribution in [0.1, 0.15) is 52.4 Å². The summed E-state index contributed by atoms with van der Waals surface area (Å²) in [6, 6.07) is -0.897. The van der Waals surface area contributed by atoms with Crippen molar-refractivity contribution in [1.82, 2.24) is 5.32 Å². The van der Waals surface area contributed by atoms with Crippen LogP contribution in [0.2, 0.25) is 0 Å². The van der Waals surface area contributed by atoms with Crippen LogP contribution in [-0.4, -0.2) is 70.9 Å². The van der Waals surface area contributed by atoms with Crippen molar-refractivity contribution in [3.8, 4) is 0 Å². The molecule has 8 nitrogen and oxygen atoms in total. The molecule has 1 amide bonds. The van der Waals surface area contributed by atoms with Gasteiger partial charge < -0.3 is 34.9 Å². The molecule has 0 spiro atoms. The van der Waals surface area contributed by atoms with Crippen LogP contribution < -0.4 is 5.32 Å². The first-order chi connectivity index (χ1) is 11.9. The van der Waals surface area contributed by atoms with Crippen LogP contribution >= 0.6 is 0 Å². The summed E-state index contributed by atoms with van der Waals surface area (Å²) in [5.41, 5.74) is 0. The van der Waals surface area contributed by atoms with Gasteiger partial charge in [0.05, 0.1) is 6.61 Å². The van der Waals surface area contributed by atoms with Gasteiger partial charge in [0.25, 0.3) is 0 Å². The van der Waals surface area contributed by atoms with Gasteiger partial charge in [-0.1, -0.05) is 19.3 Å². The van der Waals surface area contributed by atoms with Crippen molar-refractivity contribution in [2.45, 2.75) is 83.0 Å². The van der Waals surface area contributed by atoms with Gasteiger partial charge in [-0.15, -0.1) is 0 Å². The van der Waals surface area contributed by atoms with Crippen LogP contribution in [0.4, 0.5) is 0 Å². The summed E-state index contributed by atoms with van der Waals surface area (Å²) in [5.74, 6) is -0.164. The summed E-state index contributed by atoms with van der Waals surface area (Å²) in [4.78, 5) is 22.1. The average Bonchev–Trinajstić information content (AvgIpc) is 2.55. The van der Waals surface area contributed by atoms with E-state index in [0.717, 1.165) is 32.1 Å². The van der Waals surface area contributed by atoms with E-state index in [1.54, 1.807) is 6.92 Å². The third kappa shape index (κ3) is 7.79. The quantitative estimate of drug-likeness (QED) is 0.378. The molecule has 4 N–H and O–H groups in total. The molecule has 3 unspecified atom stereocenters. The smallest absolute Gasteiger partial charge is 0.217 e. The molecule has 0 aromatic carbocycles. The number of ether oxygens (including phenoxy) is 2. The summed E-state index contributed by atoms with van der Waals surface area (Å²) >= 11 is 0. The SMILES string of the molecule is CC(=O)CCCCCCCO[C@@H]1OC(CO)[C@H](O)C(O)C1NC(C)=O. The number of rotatable bonds is 11. The number of amides is 1. The number of carbonyl (C=O) groups is 2. The van der Waals surface area contributed by atoms with E-state index in [2.05, 4.69) is 5.32 Å². The number of nitrogens with one attached hydrogen (secondary N) is 1. The molecule has 0 radical (unpaired) electrons. The highest BCUT2D eigenvalue weighted by Gasteiger charge is 2.45. The Morgan fingerprint density at radius 3 is 2.28 bits per heavy atom. The minimum atomic E-state index is -1.30. The van der Waals surface area contributed by atoms with Gasteiger partial charge in [-0.3, -0.25) is 4.79 Å². The van der Waals surface area contributed by atoms with E-state index < -0.39 is 37.3 Å². The molecule has 1 saturated heterocycles. The largest absolute Gasteiger partial charge is 0.394 e. The second kappa shape index (κ2) is 11.5. The summed E-state index contributed by atoms with van der Waals surface area (Å²) in [6.45, 7) is 2.80. The molecule has 5 atom stereocenters. The monoisotopic (exact) mass is 361 g/mol. The zero-order valence-corrected chi connectivity index (χ0v) is 15.0. The maximum absolute atomic E-state index is 11.3. The second-order valence-electron chi connectivity index (χ2n) is 6.52. The maximum atomic E-state index is 11.3. The van der Waals surface area contributed by atoms with Gasteiger partial charge in [0.1, 0.15) is 30.1 Å². The number of hydrogen-bond acceptors (Lipinski definition) is 7. The first kappa shape index (κ1) is 22.0. The molecule has 1 fully saturated rings. The summed E-state index contributed by atoms with van der Waals surface area (Å²) in [5, 5.41) is 31.8. The van der Waals surface area contributed by atoms with Gasteiger partial charge in [0.2, 0.25) is 5.91 Å². The van der Waals surface area contributed by atoms with E-state index >= 15 is 0 Å². The topological polar surface area (TPSA) is 125 Å². The van der Waals surface area contributed by atoms with E-state index in [4.69, 9.17) is 9.47 Å². The van der Waals surface area contributed by atoms with Crippen molar-refractivity contribution in [3.63, 3.8) is 0 Å². The standard InChI is InChI=1S/C17H31NO7/c1-11(20)8-6-4-3-5-7-9-24-17-14(18-12(2)21)16(23)15(22)13(10-19)25-17/h13-17,19,22-23H,3-10H2,1-2H3,(H,18,21)/t13?,14?,15-,16?,17+/m0/s1. The minimum Gasteiger partial charge on any atom is -0.394 e. The number of unbranched alkanes of at least 4 members (excludes halogenated alkanes) is 4. The van der Waals surface area contributed by atoms with Crippen molar-refractivity contribution in [2.75, 3.05) is 13.2 Å². The van der Waals surface area contributed by atoms with Crippen molar-refractivity contribution in [3.05, 3.63) is 0 Å². The maximum Gasteiger partial charge on any atom is 0.217 e. The van der Waals surface area contributed by atoms with Crippen molar-refractivity contribution >= 4 is 11.7 Å². The van der Waals surface area contributed by atoms with E-state index in [1.807, 2.05) is 0 Å². The van der Waals surface area contributed by atoms with Gasteiger partial charge in [-0.05, 0) is 19.8 Å². The average molecular weight is 361 g/mol. The van der Waals surface area contributed by atoms with Crippen LogP contribution in [-0.2, 0) is 19.1 Å². The number of carbonyl (C=O) groups excluding carboxylic acids is 2. The normalized spacial score (nSPS) is 29.4. The fourth-order valence-electron chi connectivity index (χ4n) is 2.82. The number of ketones is 1. The summed E-state index contributed by atoms with van der Waals surface area (Å²) in [6.07, 6.45) is 0.730. The van der Waals surface area contributed by atoms with Gasteiger partial charge in [0.15, 0.2) is 6.29 Å². The number of Topliss-reactive ketones (excluding diaryl/α,β-unsaturated/α-hetero) is 1. The highest BCUT2D eigenvalue weighted by molar-refractivity contribution is 5.75. The molecular formula is C17H31NO7. The van der Waals surface area contributed by atoms with Crippen LogP contribution in [0.15, 0.2) is 0 Å². The lowest BCUT2D eigenvalue weighted by Gasteiger charge is -2.42. The Hall–Kier alpha value is -1.06. The lowest BCUT2D eigenvalue weighted by atomic mass is 9.97. The third-order valence-corrected chi connectivity index (χ3v) is 4.21. The Kier molecular flexibility index (Phi) is 10.1. The van der Waals surface area contributed by atoms with Gasteiger partial charge in [0, 0.05) is 20.0 Å². The first-order valence-electron chi connectivity index (χ1n) is 8.87. The van der Waals surface area contributed by atoms with Crippen molar-refractivity contribution in [2.24, 2.45) is 0 Å². The first-order valence-corrected chi connectivity index (χ1v) is 8.87. The van der Waals surface area contributed by atoms with Crippen LogP contribution in [0.25, 0.3) is 0 Å². The van der Waals surface area contributed by atoms with E-state index in [-0.39, 0.29) is 11.7 Å².